The van der Waals surface area contributed by atoms with Crippen LogP contribution in [0.3, 0.4) is 0 Å². The summed E-state index contributed by atoms with van der Waals surface area (Å²) in [4.78, 5) is 8.44. The van der Waals surface area contributed by atoms with Crippen LogP contribution in [-0.2, 0) is 7.05 Å². The third-order valence-electron chi connectivity index (χ3n) is 2.87. The van der Waals surface area contributed by atoms with Gasteiger partial charge < -0.3 is 19.5 Å². The number of nitrogens with one attached hydrogen (secondary N) is 1. The molecule has 7 heteroatoms. The molecule has 0 aliphatic carbocycles. The summed E-state index contributed by atoms with van der Waals surface area (Å²) in [6, 6.07) is -0.0634. The van der Waals surface area contributed by atoms with E-state index in [0.717, 1.165) is 0 Å². The van der Waals surface area contributed by atoms with E-state index in [4.69, 9.17) is 4.52 Å². The molecule has 0 unspecified atom stereocenters. The average molecular weight is 235 g/mol. The van der Waals surface area contributed by atoms with Gasteiger partial charge in [-0.3, -0.25) is 0 Å². The van der Waals surface area contributed by atoms with Crippen LogP contribution in [0, 0.1) is 0 Å². The molecular weight excluding hydrogens is 222 g/mol. The van der Waals surface area contributed by atoms with Crippen LogP contribution in [0.2, 0.25) is 0 Å². The first-order chi connectivity index (χ1) is 8.24. The number of aromatic nitrogens is 4. The van der Waals surface area contributed by atoms with E-state index in [9.17, 15) is 5.11 Å². The molecule has 1 saturated heterocycles. The predicted octanol–water partition coefficient (Wildman–Crippen LogP) is -0.135. The van der Waals surface area contributed by atoms with Gasteiger partial charge in [0.2, 0.25) is 11.7 Å². The Balaban J connectivity index is 1.86. The third kappa shape index (κ3) is 1.83. The second kappa shape index (κ2) is 3.94. The fraction of sp³-hybridized carbons (Fsp3) is 0.500. The second-order valence-electron chi connectivity index (χ2n) is 4.17. The Bertz CT molecular complexity index is 520. The molecule has 1 aliphatic heterocycles. The fourth-order valence-corrected chi connectivity index (χ4v) is 1.95. The van der Waals surface area contributed by atoms with E-state index in [1.54, 1.807) is 6.20 Å². The van der Waals surface area contributed by atoms with Gasteiger partial charge in [-0.1, -0.05) is 5.16 Å². The van der Waals surface area contributed by atoms with Crippen LogP contribution < -0.4 is 5.32 Å². The number of hydrogen-bond acceptors (Lipinski definition) is 6. The summed E-state index contributed by atoms with van der Waals surface area (Å²) in [7, 11) is 1.87. The number of aryl methyl sites for hydroxylation is 1. The van der Waals surface area contributed by atoms with Crippen molar-refractivity contribution >= 4 is 0 Å². The summed E-state index contributed by atoms with van der Waals surface area (Å²) in [5.41, 5.74) is 0. The Hall–Kier alpha value is -1.73. The van der Waals surface area contributed by atoms with Gasteiger partial charge in [-0.15, -0.1) is 0 Å². The molecule has 2 aromatic heterocycles. The average Bonchev–Trinajstić information content (AvgIpc) is 2.97. The van der Waals surface area contributed by atoms with E-state index in [0.29, 0.717) is 30.5 Å². The molecule has 2 aromatic rings. The van der Waals surface area contributed by atoms with Crippen LogP contribution in [0.5, 0.6) is 0 Å². The monoisotopic (exact) mass is 235 g/mol. The van der Waals surface area contributed by atoms with Gasteiger partial charge in [0.1, 0.15) is 0 Å². The van der Waals surface area contributed by atoms with E-state index in [1.807, 2.05) is 17.8 Å². The number of imidazole rings is 1. The molecule has 90 valence electrons. The molecule has 3 rings (SSSR count). The zero-order valence-electron chi connectivity index (χ0n) is 9.37. The van der Waals surface area contributed by atoms with Gasteiger partial charge in [-0.05, 0) is 6.42 Å². The van der Waals surface area contributed by atoms with Crippen molar-refractivity contribution < 1.29 is 9.63 Å². The summed E-state index contributed by atoms with van der Waals surface area (Å²) in [6.45, 7) is 0.560. The Morgan fingerprint density at radius 3 is 3.12 bits per heavy atom. The van der Waals surface area contributed by atoms with Crippen molar-refractivity contribution in [3.05, 3.63) is 18.3 Å². The summed E-state index contributed by atoms with van der Waals surface area (Å²) < 4.78 is 7.01. The van der Waals surface area contributed by atoms with Gasteiger partial charge in [-0.25, -0.2) is 4.98 Å². The maximum atomic E-state index is 9.43. The van der Waals surface area contributed by atoms with Crippen molar-refractivity contribution in [3.8, 4) is 11.6 Å². The number of nitrogens with zero attached hydrogens (tertiary/aromatic N) is 4. The first kappa shape index (κ1) is 10.4. The lowest BCUT2D eigenvalue weighted by Crippen LogP contribution is -2.15. The number of rotatable bonds is 2. The molecule has 0 spiro atoms. The summed E-state index contributed by atoms with van der Waals surface area (Å²) in [6.07, 6.45) is 3.76. The molecule has 2 N–H and O–H groups in total. The van der Waals surface area contributed by atoms with Crippen molar-refractivity contribution in [2.24, 2.45) is 7.05 Å². The maximum Gasteiger partial charge on any atom is 0.244 e. The summed E-state index contributed by atoms with van der Waals surface area (Å²) in [5, 5.41) is 16.4. The van der Waals surface area contributed by atoms with Gasteiger partial charge in [0, 0.05) is 26.0 Å². The number of hydrogen-bond donors (Lipinski definition) is 2. The zero-order chi connectivity index (χ0) is 11.8. The highest BCUT2D eigenvalue weighted by Crippen LogP contribution is 2.23. The molecule has 0 bridgehead atoms. The van der Waals surface area contributed by atoms with Crippen molar-refractivity contribution in [2.45, 2.75) is 18.6 Å². The van der Waals surface area contributed by atoms with Gasteiger partial charge in [-0.2, -0.15) is 4.98 Å². The minimum atomic E-state index is -0.344. The van der Waals surface area contributed by atoms with E-state index >= 15 is 0 Å². The Labute approximate surface area is 97.5 Å². The molecule has 0 radical (unpaired) electrons. The summed E-state index contributed by atoms with van der Waals surface area (Å²) >= 11 is 0. The highest BCUT2D eigenvalue weighted by atomic mass is 16.5. The fourth-order valence-electron chi connectivity index (χ4n) is 1.95. The SMILES string of the molecule is Cn1ccnc1-c1noc([C@@H]2C[C@H](O)CN2)n1. The van der Waals surface area contributed by atoms with E-state index in [2.05, 4.69) is 20.4 Å². The molecule has 0 amide bonds. The molecule has 7 nitrogen and oxygen atoms in total. The summed E-state index contributed by atoms with van der Waals surface area (Å²) in [5.74, 6) is 1.63. The molecule has 2 atom stereocenters. The van der Waals surface area contributed by atoms with E-state index in [-0.39, 0.29) is 12.1 Å². The minimum absolute atomic E-state index is 0.0634. The van der Waals surface area contributed by atoms with Gasteiger partial charge >= 0.3 is 0 Å². The van der Waals surface area contributed by atoms with Gasteiger partial charge in [0.05, 0.1) is 12.1 Å². The van der Waals surface area contributed by atoms with Crippen LogP contribution in [-0.4, -0.2) is 37.4 Å². The lowest BCUT2D eigenvalue weighted by molar-refractivity contribution is 0.191. The lowest BCUT2D eigenvalue weighted by Gasteiger charge is -2.01. The van der Waals surface area contributed by atoms with Crippen LogP contribution in [0.25, 0.3) is 11.6 Å². The predicted molar refractivity (Wildman–Crippen MR) is 57.9 cm³/mol. The van der Waals surface area contributed by atoms with Crippen LogP contribution in [0.1, 0.15) is 18.4 Å². The molecule has 17 heavy (non-hydrogen) atoms. The molecule has 1 aliphatic rings. The van der Waals surface area contributed by atoms with Gasteiger partial charge in [0.25, 0.3) is 0 Å². The molecule has 3 heterocycles. The van der Waals surface area contributed by atoms with E-state index in [1.165, 1.54) is 0 Å². The first-order valence-electron chi connectivity index (χ1n) is 5.47. The maximum absolute atomic E-state index is 9.43. The van der Waals surface area contributed by atoms with Crippen molar-refractivity contribution in [2.75, 3.05) is 6.54 Å². The molecule has 0 aromatic carbocycles. The molecular formula is C10H13N5O2. The Kier molecular flexibility index (Phi) is 2.41. The lowest BCUT2D eigenvalue weighted by atomic mass is 10.2. The molecule has 0 saturated carbocycles. The quantitative estimate of drug-likeness (QED) is 0.753. The third-order valence-corrected chi connectivity index (χ3v) is 2.87. The number of aliphatic hydroxyl groups excluding tert-OH is 1. The minimum Gasteiger partial charge on any atom is -0.392 e. The Morgan fingerprint density at radius 2 is 2.47 bits per heavy atom. The zero-order valence-corrected chi connectivity index (χ0v) is 9.37. The number of β-amino-alcohol motifs (C(OH)–C–C–N with tert-alkyl or cyclic N) is 1. The van der Waals surface area contributed by atoms with Crippen molar-refractivity contribution in [3.63, 3.8) is 0 Å². The normalized spacial score (nSPS) is 24.4. The smallest absolute Gasteiger partial charge is 0.244 e. The molecule has 1 fully saturated rings. The topological polar surface area (TPSA) is 89.0 Å². The largest absolute Gasteiger partial charge is 0.392 e. The standard InChI is InChI=1S/C10H13N5O2/c1-15-3-2-11-9(15)8-13-10(17-14-8)7-4-6(16)5-12-7/h2-3,6-7,12,16H,4-5H2,1H3/t6-,7-/m0/s1. The Morgan fingerprint density at radius 1 is 1.59 bits per heavy atom. The van der Waals surface area contributed by atoms with E-state index < -0.39 is 0 Å². The van der Waals surface area contributed by atoms with Crippen molar-refractivity contribution in [1.82, 2.24) is 25.0 Å². The first-order valence-corrected chi connectivity index (χ1v) is 5.47. The highest BCUT2D eigenvalue weighted by Gasteiger charge is 2.28. The van der Waals surface area contributed by atoms with Gasteiger partial charge in [0.15, 0.2) is 5.82 Å². The van der Waals surface area contributed by atoms with Crippen molar-refractivity contribution in [1.29, 1.82) is 0 Å². The van der Waals surface area contributed by atoms with Crippen LogP contribution >= 0.6 is 0 Å². The second-order valence-corrected chi connectivity index (χ2v) is 4.17. The van der Waals surface area contributed by atoms with Crippen LogP contribution in [0.15, 0.2) is 16.9 Å². The highest BCUT2D eigenvalue weighted by molar-refractivity contribution is 5.42. The number of aliphatic hydroxyl groups is 1. The van der Waals surface area contributed by atoms with Crippen LogP contribution in [0.4, 0.5) is 0 Å².